The van der Waals surface area contributed by atoms with Crippen LogP contribution in [0.5, 0.6) is 11.5 Å². The van der Waals surface area contributed by atoms with Crippen LogP contribution < -0.4 is 19.7 Å². The van der Waals surface area contributed by atoms with Crippen LogP contribution in [0.4, 0.5) is 5.69 Å². The number of amides is 2. The van der Waals surface area contributed by atoms with E-state index in [1.807, 2.05) is 6.92 Å². The number of benzene rings is 1. The second-order valence-corrected chi connectivity index (χ2v) is 4.81. The first kappa shape index (κ1) is 15.2. The first-order valence-corrected chi connectivity index (χ1v) is 6.93. The molecule has 114 valence electrons. The second-order valence-electron chi connectivity index (χ2n) is 4.81. The maximum absolute atomic E-state index is 12.6. The van der Waals surface area contributed by atoms with Crippen LogP contribution in [0.2, 0.25) is 0 Å². The van der Waals surface area contributed by atoms with E-state index < -0.39 is 6.04 Å². The SMILES string of the molecule is CCC1NC(=O)CCN(c2ccc(OC)cc2OC)C1=O. The molecule has 21 heavy (non-hydrogen) atoms. The molecule has 0 bridgehead atoms. The van der Waals surface area contributed by atoms with Crippen molar-refractivity contribution in [1.82, 2.24) is 5.32 Å². The van der Waals surface area contributed by atoms with Crippen LogP contribution in [0, 0.1) is 0 Å². The van der Waals surface area contributed by atoms with E-state index in [-0.39, 0.29) is 18.2 Å². The van der Waals surface area contributed by atoms with Gasteiger partial charge in [0.05, 0.1) is 19.9 Å². The number of rotatable bonds is 4. The lowest BCUT2D eigenvalue weighted by Crippen LogP contribution is -2.44. The van der Waals surface area contributed by atoms with E-state index in [4.69, 9.17) is 9.47 Å². The van der Waals surface area contributed by atoms with Gasteiger partial charge in [-0.25, -0.2) is 0 Å². The van der Waals surface area contributed by atoms with Crippen molar-refractivity contribution in [3.05, 3.63) is 18.2 Å². The Labute approximate surface area is 124 Å². The first-order chi connectivity index (χ1) is 10.1. The topological polar surface area (TPSA) is 67.9 Å². The Kier molecular flexibility index (Phi) is 4.67. The molecule has 0 radical (unpaired) electrons. The Morgan fingerprint density at radius 3 is 2.67 bits per heavy atom. The Morgan fingerprint density at radius 1 is 1.29 bits per heavy atom. The van der Waals surface area contributed by atoms with Crippen LogP contribution in [-0.4, -0.2) is 38.6 Å². The third-order valence-corrected chi connectivity index (χ3v) is 3.55. The molecule has 0 saturated carbocycles. The zero-order valence-corrected chi connectivity index (χ0v) is 12.5. The summed E-state index contributed by atoms with van der Waals surface area (Å²) >= 11 is 0. The fourth-order valence-electron chi connectivity index (χ4n) is 2.36. The van der Waals surface area contributed by atoms with E-state index in [1.165, 1.54) is 0 Å². The summed E-state index contributed by atoms with van der Waals surface area (Å²) in [5.41, 5.74) is 0.651. The van der Waals surface area contributed by atoms with Crippen LogP contribution in [0.1, 0.15) is 19.8 Å². The average Bonchev–Trinajstić information content (AvgIpc) is 2.65. The molecule has 1 aromatic carbocycles. The minimum Gasteiger partial charge on any atom is -0.497 e. The lowest BCUT2D eigenvalue weighted by atomic mass is 10.1. The molecule has 2 rings (SSSR count). The number of ether oxygens (including phenoxy) is 2. The van der Waals surface area contributed by atoms with E-state index in [2.05, 4.69) is 5.32 Å². The lowest BCUT2D eigenvalue weighted by Gasteiger charge is -2.25. The fourth-order valence-corrected chi connectivity index (χ4v) is 2.36. The number of nitrogens with zero attached hydrogens (tertiary/aromatic N) is 1. The smallest absolute Gasteiger partial charge is 0.249 e. The zero-order valence-electron chi connectivity index (χ0n) is 12.5. The normalized spacial score (nSPS) is 19.0. The van der Waals surface area contributed by atoms with Crippen molar-refractivity contribution in [2.45, 2.75) is 25.8 Å². The first-order valence-electron chi connectivity index (χ1n) is 6.93. The summed E-state index contributed by atoms with van der Waals surface area (Å²) in [6.07, 6.45) is 0.830. The summed E-state index contributed by atoms with van der Waals surface area (Å²) in [5.74, 6) is 0.975. The van der Waals surface area contributed by atoms with Crippen molar-refractivity contribution in [3.63, 3.8) is 0 Å². The highest BCUT2D eigenvalue weighted by molar-refractivity contribution is 6.02. The lowest BCUT2D eigenvalue weighted by molar-refractivity contribution is -0.125. The molecular formula is C15H20N2O4. The van der Waals surface area contributed by atoms with Gasteiger partial charge in [-0.2, -0.15) is 0 Å². The highest BCUT2D eigenvalue weighted by atomic mass is 16.5. The largest absolute Gasteiger partial charge is 0.497 e. The van der Waals surface area contributed by atoms with E-state index in [1.54, 1.807) is 37.3 Å². The number of anilines is 1. The molecule has 1 N–H and O–H groups in total. The second kappa shape index (κ2) is 6.47. The highest BCUT2D eigenvalue weighted by Gasteiger charge is 2.30. The molecule has 1 aliphatic rings. The molecule has 0 aliphatic carbocycles. The Balaban J connectivity index is 2.39. The van der Waals surface area contributed by atoms with E-state index in [0.717, 1.165) is 0 Å². The maximum atomic E-state index is 12.6. The Bertz CT molecular complexity index is 544. The highest BCUT2D eigenvalue weighted by Crippen LogP contribution is 2.33. The maximum Gasteiger partial charge on any atom is 0.249 e. The van der Waals surface area contributed by atoms with Crippen molar-refractivity contribution in [3.8, 4) is 11.5 Å². The van der Waals surface area contributed by atoms with Crippen molar-refractivity contribution >= 4 is 17.5 Å². The number of methoxy groups -OCH3 is 2. The van der Waals surface area contributed by atoms with Gasteiger partial charge in [-0.05, 0) is 18.6 Å². The van der Waals surface area contributed by atoms with Gasteiger partial charge >= 0.3 is 0 Å². The Hall–Kier alpha value is -2.24. The number of hydrogen-bond acceptors (Lipinski definition) is 4. The summed E-state index contributed by atoms with van der Waals surface area (Å²) in [5, 5.41) is 2.74. The molecule has 0 spiro atoms. The standard InChI is InChI=1S/C15H20N2O4/c1-4-11-15(19)17(8-7-14(18)16-11)12-6-5-10(20-2)9-13(12)21-3/h5-6,9,11H,4,7-8H2,1-3H3,(H,16,18). The molecule has 6 heteroatoms. The van der Waals surface area contributed by atoms with Crippen LogP contribution in [0.15, 0.2) is 18.2 Å². The quantitative estimate of drug-likeness (QED) is 0.909. The molecule has 1 atom stereocenters. The van der Waals surface area contributed by atoms with Gasteiger partial charge in [-0.3, -0.25) is 9.59 Å². The summed E-state index contributed by atoms with van der Waals surface area (Å²) in [6, 6.07) is 4.78. The zero-order chi connectivity index (χ0) is 15.4. The molecule has 1 saturated heterocycles. The van der Waals surface area contributed by atoms with Gasteiger partial charge in [0.15, 0.2) is 0 Å². The van der Waals surface area contributed by atoms with E-state index in [9.17, 15) is 9.59 Å². The van der Waals surface area contributed by atoms with Crippen molar-refractivity contribution in [1.29, 1.82) is 0 Å². The van der Waals surface area contributed by atoms with Crippen LogP contribution in [-0.2, 0) is 9.59 Å². The summed E-state index contributed by atoms with van der Waals surface area (Å²) in [6.45, 7) is 2.21. The van der Waals surface area contributed by atoms with Gasteiger partial charge in [0.2, 0.25) is 11.8 Å². The Morgan fingerprint density at radius 2 is 2.05 bits per heavy atom. The number of nitrogens with one attached hydrogen (secondary N) is 1. The molecule has 1 heterocycles. The van der Waals surface area contributed by atoms with Gasteiger partial charge in [0.1, 0.15) is 17.5 Å². The summed E-state index contributed by atoms with van der Waals surface area (Å²) in [4.78, 5) is 25.9. The number of hydrogen-bond donors (Lipinski definition) is 1. The molecule has 0 aromatic heterocycles. The number of carbonyl (C=O) groups excluding carboxylic acids is 2. The van der Waals surface area contributed by atoms with Gasteiger partial charge in [0.25, 0.3) is 0 Å². The van der Waals surface area contributed by atoms with Gasteiger partial charge in [0, 0.05) is 19.0 Å². The molecule has 1 fully saturated rings. The third-order valence-electron chi connectivity index (χ3n) is 3.55. The molecule has 1 aromatic rings. The van der Waals surface area contributed by atoms with Crippen LogP contribution in [0.25, 0.3) is 0 Å². The molecule has 6 nitrogen and oxygen atoms in total. The molecule has 1 aliphatic heterocycles. The minimum atomic E-state index is -0.494. The monoisotopic (exact) mass is 292 g/mol. The third kappa shape index (κ3) is 3.09. The van der Waals surface area contributed by atoms with Crippen molar-refractivity contribution in [2.75, 3.05) is 25.7 Å². The van der Waals surface area contributed by atoms with Gasteiger partial charge in [-0.1, -0.05) is 6.92 Å². The van der Waals surface area contributed by atoms with Gasteiger partial charge < -0.3 is 19.7 Å². The molecule has 1 unspecified atom stereocenters. The van der Waals surface area contributed by atoms with Crippen molar-refractivity contribution in [2.24, 2.45) is 0 Å². The fraction of sp³-hybridized carbons (Fsp3) is 0.467. The van der Waals surface area contributed by atoms with Crippen LogP contribution in [0.3, 0.4) is 0 Å². The summed E-state index contributed by atoms with van der Waals surface area (Å²) in [7, 11) is 3.11. The minimum absolute atomic E-state index is 0.106. The summed E-state index contributed by atoms with van der Waals surface area (Å²) < 4.78 is 10.5. The van der Waals surface area contributed by atoms with E-state index in [0.29, 0.717) is 30.2 Å². The predicted octanol–water partition coefficient (Wildman–Crippen LogP) is 1.34. The van der Waals surface area contributed by atoms with Crippen LogP contribution >= 0.6 is 0 Å². The number of carbonyl (C=O) groups is 2. The molecule has 2 amide bonds. The average molecular weight is 292 g/mol. The van der Waals surface area contributed by atoms with E-state index >= 15 is 0 Å². The van der Waals surface area contributed by atoms with Gasteiger partial charge in [-0.15, -0.1) is 0 Å². The van der Waals surface area contributed by atoms with Crippen molar-refractivity contribution < 1.29 is 19.1 Å². The predicted molar refractivity (Wildman–Crippen MR) is 78.7 cm³/mol. The molecular weight excluding hydrogens is 272 g/mol.